The van der Waals surface area contributed by atoms with Gasteiger partial charge in [0, 0.05) is 18.7 Å². The zero-order valence-electron chi connectivity index (χ0n) is 13.5. The molecule has 2 aromatic rings. The third-order valence-corrected chi connectivity index (χ3v) is 4.69. The average molecular weight is 356 g/mol. The molecule has 0 bridgehead atoms. The van der Waals surface area contributed by atoms with Crippen molar-refractivity contribution in [3.05, 3.63) is 73.7 Å². The molecule has 0 radical (unpaired) electrons. The molecule has 0 unspecified atom stereocenters. The first-order valence-electron chi connectivity index (χ1n) is 7.45. The number of thiazole rings is 1. The van der Waals surface area contributed by atoms with Crippen LogP contribution in [0, 0.1) is 0 Å². The number of rotatable bonds is 4. The largest absolute Gasteiger partial charge is 0.480 e. The molecule has 0 amide bonds. The van der Waals surface area contributed by atoms with Crippen LogP contribution in [0.1, 0.15) is 5.56 Å². The zero-order valence-corrected chi connectivity index (χ0v) is 14.3. The van der Waals surface area contributed by atoms with E-state index in [4.69, 9.17) is 9.84 Å². The van der Waals surface area contributed by atoms with Gasteiger partial charge in [0.2, 0.25) is 0 Å². The standard InChI is InChI=1S/C18H16N2O4S/c1-12-20(10-17(21)22)18(23)15(25-12)8-9-16-19(2)14(11-24-16)13-6-4-3-5-7-13/h3-9,11H,1,10H2,2H3,(H,21,22). The van der Waals surface area contributed by atoms with Gasteiger partial charge in [0.05, 0.1) is 14.9 Å². The number of carbonyl (C=O) groups is 1. The Morgan fingerprint density at radius 3 is 2.72 bits per heavy atom. The van der Waals surface area contributed by atoms with E-state index in [2.05, 4.69) is 6.58 Å². The number of benzene rings is 1. The van der Waals surface area contributed by atoms with E-state index in [0.29, 0.717) is 15.1 Å². The van der Waals surface area contributed by atoms with E-state index in [1.807, 2.05) is 42.3 Å². The van der Waals surface area contributed by atoms with Crippen LogP contribution in [0.15, 0.2) is 53.3 Å². The van der Waals surface area contributed by atoms with Crippen LogP contribution in [-0.2, 0) is 16.1 Å². The summed E-state index contributed by atoms with van der Waals surface area (Å²) in [5.74, 6) is -0.507. The molecule has 1 aromatic carbocycles. The Balaban J connectivity index is 1.89. The number of hydrogen-bond acceptors (Lipinski definition) is 5. The quantitative estimate of drug-likeness (QED) is 0.885. The molecule has 0 saturated heterocycles. The van der Waals surface area contributed by atoms with E-state index in [1.54, 1.807) is 18.4 Å². The lowest BCUT2D eigenvalue weighted by Gasteiger charge is -2.15. The molecule has 1 aromatic heterocycles. The second kappa shape index (κ2) is 6.82. The van der Waals surface area contributed by atoms with Crippen LogP contribution in [0.4, 0.5) is 0 Å². The predicted octanol–water partition coefficient (Wildman–Crippen LogP) is 0.987. The van der Waals surface area contributed by atoms with Crippen LogP contribution in [0.5, 0.6) is 0 Å². The van der Waals surface area contributed by atoms with Gasteiger partial charge >= 0.3 is 5.97 Å². The van der Waals surface area contributed by atoms with E-state index in [-0.39, 0.29) is 5.56 Å². The Morgan fingerprint density at radius 1 is 1.32 bits per heavy atom. The minimum atomic E-state index is -1.08. The molecule has 3 rings (SSSR count). The van der Waals surface area contributed by atoms with Crippen LogP contribution in [0.2, 0.25) is 0 Å². The molecule has 128 valence electrons. The topological polar surface area (TPSA) is 71.8 Å². The summed E-state index contributed by atoms with van der Waals surface area (Å²) in [6.07, 6.45) is 4.96. The minimum Gasteiger partial charge on any atom is -0.480 e. The van der Waals surface area contributed by atoms with Gasteiger partial charge in [0.25, 0.3) is 5.56 Å². The molecule has 0 aliphatic carbocycles. The van der Waals surface area contributed by atoms with Crippen molar-refractivity contribution in [3.8, 4) is 0 Å². The normalized spacial score (nSPS) is 16.2. The van der Waals surface area contributed by atoms with Gasteiger partial charge in [-0.2, -0.15) is 0 Å². The Labute approximate surface area is 147 Å². The lowest BCUT2D eigenvalue weighted by molar-refractivity contribution is -0.137. The highest BCUT2D eigenvalue weighted by Crippen LogP contribution is 2.28. The molecule has 1 aliphatic heterocycles. The Morgan fingerprint density at radius 2 is 2.04 bits per heavy atom. The van der Waals surface area contributed by atoms with Gasteiger partial charge in [0.1, 0.15) is 12.8 Å². The summed E-state index contributed by atoms with van der Waals surface area (Å²) in [4.78, 5) is 24.9. The van der Waals surface area contributed by atoms with E-state index >= 15 is 0 Å². The third-order valence-electron chi connectivity index (χ3n) is 3.71. The Bertz CT molecular complexity index is 1030. The molecule has 2 heterocycles. The lowest BCUT2D eigenvalue weighted by atomic mass is 10.1. The highest BCUT2D eigenvalue weighted by molar-refractivity contribution is 7.07. The van der Waals surface area contributed by atoms with Crippen LogP contribution < -0.4 is 14.8 Å². The van der Waals surface area contributed by atoms with Crippen molar-refractivity contribution in [2.24, 2.45) is 0 Å². The van der Waals surface area contributed by atoms with Gasteiger partial charge in [-0.25, -0.2) is 0 Å². The van der Waals surface area contributed by atoms with Crippen molar-refractivity contribution >= 4 is 35.7 Å². The molecular weight excluding hydrogens is 340 g/mol. The maximum absolute atomic E-state index is 12.2. The molecule has 0 spiro atoms. The van der Waals surface area contributed by atoms with Gasteiger partial charge < -0.3 is 14.7 Å². The predicted molar refractivity (Wildman–Crippen MR) is 96.8 cm³/mol. The average Bonchev–Trinajstić information content (AvgIpc) is 3.08. The first-order valence-corrected chi connectivity index (χ1v) is 8.27. The third kappa shape index (κ3) is 3.41. The Kier molecular flexibility index (Phi) is 4.58. The van der Waals surface area contributed by atoms with Gasteiger partial charge in [0.15, 0.2) is 5.88 Å². The van der Waals surface area contributed by atoms with Crippen LogP contribution in [0.3, 0.4) is 0 Å². The number of aromatic nitrogens is 1. The van der Waals surface area contributed by atoms with Crippen LogP contribution in [-0.4, -0.2) is 27.6 Å². The number of allylic oxidation sites excluding steroid dienone is 1. The maximum Gasteiger partial charge on any atom is 0.323 e. The highest BCUT2D eigenvalue weighted by Gasteiger charge is 2.19. The van der Waals surface area contributed by atoms with E-state index in [1.165, 1.54) is 0 Å². The zero-order chi connectivity index (χ0) is 18.0. The van der Waals surface area contributed by atoms with Crippen molar-refractivity contribution in [2.45, 2.75) is 6.54 Å². The van der Waals surface area contributed by atoms with Crippen LogP contribution in [0.25, 0.3) is 18.4 Å². The van der Waals surface area contributed by atoms with E-state index in [9.17, 15) is 9.59 Å². The summed E-state index contributed by atoms with van der Waals surface area (Å²) >= 11 is 1.15. The first kappa shape index (κ1) is 16.8. The molecule has 0 fully saturated rings. The summed E-state index contributed by atoms with van der Waals surface area (Å²) in [6.45, 7) is 3.33. The van der Waals surface area contributed by atoms with E-state index < -0.39 is 12.5 Å². The molecule has 6 nitrogen and oxygen atoms in total. The maximum atomic E-state index is 12.2. The van der Waals surface area contributed by atoms with Gasteiger partial charge in [-0.1, -0.05) is 36.9 Å². The van der Waals surface area contributed by atoms with Gasteiger partial charge in [-0.05, 0) is 6.08 Å². The smallest absolute Gasteiger partial charge is 0.323 e. The SMILES string of the molecule is C=c1sc(=CC=C2OC=C(c3ccccc3)N2C)c(=O)n1CC(=O)O. The lowest BCUT2D eigenvalue weighted by Crippen LogP contribution is -2.33. The molecule has 25 heavy (non-hydrogen) atoms. The summed E-state index contributed by atoms with van der Waals surface area (Å²) in [7, 11) is 1.87. The molecular formula is C18H16N2O4S. The van der Waals surface area contributed by atoms with Crippen molar-refractivity contribution < 1.29 is 14.6 Å². The van der Waals surface area contributed by atoms with Crippen molar-refractivity contribution in [1.29, 1.82) is 0 Å². The van der Waals surface area contributed by atoms with E-state index in [0.717, 1.165) is 27.2 Å². The van der Waals surface area contributed by atoms with Gasteiger partial charge in [-0.15, -0.1) is 11.3 Å². The fourth-order valence-electron chi connectivity index (χ4n) is 2.43. The number of ether oxygens (including phenoxy) is 1. The second-order valence-corrected chi connectivity index (χ2v) is 6.48. The fraction of sp³-hybridized carbons (Fsp3) is 0.111. The molecule has 1 N–H and O–H groups in total. The number of aliphatic carboxylic acids is 1. The summed E-state index contributed by atoms with van der Waals surface area (Å²) in [6, 6.07) is 9.81. The summed E-state index contributed by atoms with van der Waals surface area (Å²) in [5.41, 5.74) is 1.56. The van der Waals surface area contributed by atoms with Crippen molar-refractivity contribution in [1.82, 2.24) is 9.47 Å². The number of carboxylic acid groups (broad SMARTS) is 1. The highest BCUT2D eigenvalue weighted by atomic mass is 32.1. The van der Waals surface area contributed by atoms with Gasteiger partial charge in [-0.3, -0.25) is 14.2 Å². The molecule has 7 heteroatoms. The van der Waals surface area contributed by atoms with Crippen molar-refractivity contribution in [3.63, 3.8) is 0 Å². The number of nitrogens with zero attached hydrogens (tertiary/aromatic N) is 2. The summed E-state index contributed by atoms with van der Waals surface area (Å²) in [5, 5.41) is 8.86. The number of hydrogen-bond donors (Lipinski definition) is 1. The second-order valence-electron chi connectivity index (χ2n) is 5.36. The molecule has 0 atom stereocenters. The molecule has 0 saturated carbocycles. The molecule has 1 aliphatic rings. The minimum absolute atomic E-state index is 0.369. The Hall–Kier alpha value is -3.06. The first-order chi connectivity index (χ1) is 12.0. The summed E-state index contributed by atoms with van der Waals surface area (Å²) < 4.78 is 7.53. The fourth-order valence-corrected chi connectivity index (χ4v) is 3.28. The van der Waals surface area contributed by atoms with Crippen LogP contribution >= 0.6 is 11.3 Å². The number of carboxylic acids is 1. The van der Waals surface area contributed by atoms with Crippen molar-refractivity contribution in [2.75, 3.05) is 7.05 Å². The monoisotopic (exact) mass is 356 g/mol.